The van der Waals surface area contributed by atoms with Crippen molar-refractivity contribution >= 4 is 5.91 Å². The number of carbonyl (C=O) groups excluding carboxylic acids is 1. The van der Waals surface area contributed by atoms with Crippen LogP contribution in [0.25, 0.3) is 0 Å². The van der Waals surface area contributed by atoms with E-state index in [2.05, 4.69) is 43.5 Å². The molecule has 0 heterocycles. The van der Waals surface area contributed by atoms with Gasteiger partial charge < -0.3 is 15.5 Å². The minimum atomic E-state index is -0.839. The van der Waals surface area contributed by atoms with Crippen LogP contribution >= 0.6 is 0 Å². The molecule has 0 aliphatic heterocycles. The van der Waals surface area contributed by atoms with Crippen molar-refractivity contribution in [2.45, 2.75) is 296 Å². The summed E-state index contributed by atoms with van der Waals surface area (Å²) in [7, 11) is 0. The molecule has 2 atom stereocenters. The van der Waals surface area contributed by atoms with Gasteiger partial charge in [-0.15, -0.1) is 0 Å². The zero-order valence-corrected chi connectivity index (χ0v) is 39.3. The van der Waals surface area contributed by atoms with E-state index in [-0.39, 0.29) is 12.5 Å². The van der Waals surface area contributed by atoms with Crippen LogP contribution in [0.4, 0.5) is 0 Å². The van der Waals surface area contributed by atoms with Crippen molar-refractivity contribution < 1.29 is 15.0 Å². The number of rotatable bonds is 48. The Hall–Kier alpha value is -1.39. The third-order valence-corrected chi connectivity index (χ3v) is 12.1. The number of nitrogens with one attached hydrogen (secondary N) is 1. The van der Waals surface area contributed by atoms with Crippen LogP contribution in [0.3, 0.4) is 0 Å². The lowest BCUT2D eigenvalue weighted by Gasteiger charge is -2.20. The first kappa shape index (κ1) is 56.6. The maximum Gasteiger partial charge on any atom is 0.220 e. The first-order chi connectivity index (χ1) is 28.7. The fraction of sp³-hybridized carbons (Fsp3) is 0.870. The molecule has 0 saturated carbocycles. The van der Waals surface area contributed by atoms with E-state index in [0.29, 0.717) is 6.42 Å². The van der Waals surface area contributed by atoms with Gasteiger partial charge in [0.2, 0.25) is 5.91 Å². The van der Waals surface area contributed by atoms with E-state index in [4.69, 9.17) is 0 Å². The molecule has 0 aromatic rings. The molecule has 0 aromatic carbocycles. The number of carbonyl (C=O) groups is 1. The molecule has 4 heteroatoms. The summed E-state index contributed by atoms with van der Waals surface area (Å²) in [6.45, 7) is 4.32. The van der Waals surface area contributed by atoms with Gasteiger partial charge in [0.25, 0.3) is 0 Å². The molecule has 2 unspecified atom stereocenters. The van der Waals surface area contributed by atoms with Crippen LogP contribution in [0, 0.1) is 0 Å². The van der Waals surface area contributed by atoms with Crippen LogP contribution in [0.1, 0.15) is 284 Å². The summed E-state index contributed by atoms with van der Waals surface area (Å²) in [6, 6.07) is -0.622. The van der Waals surface area contributed by atoms with Crippen LogP contribution < -0.4 is 5.32 Å². The topological polar surface area (TPSA) is 69.6 Å². The van der Waals surface area contributed by atoms with Gasteiger partial charge in [-0.05, 0) is 51.4 Å². The molecule has 0 aromatic heterocycles. The molecule has 0 aliphatic rings. The molecule has 0 spiro atoms. The Morgan fingerprint density at radius 3 is 1.03 bits per heavy atom. The van der Waals surface area contributed by atoms with Crippen LogP contribution in [-0.2, 0) is 4.79 Å². The highest BCUT2D eigenvalue weighted by molar-refractivity contribution is 5.76. The Kier molecular flexibility index (Phi) is 48.8. The molecule has 342 valence electrons. The Bertz CT molecular complexity index is 882. The van der Waals surface area contributed by atoms with Gasteiger partial charge in [-0.1, -0.05) is 262 Å². The van der Waals surface area contributed by atoms with Crippen molar-refractivity contribution in [3.63, 3.8) is 0 Å². The number of amides is 1. The zero-order valence-electron chi connectivity index (χ0n) is 39.3. The molecule has 4 nitrogen and oxygen atoms in total. The van der Waals surface area contributed by atoms with Crippen molar-refractivity contribution in [3.05, 3.63) is 36.5 Å². The zero-order chi connectivity index (χ0) is 42.1. The fourth-order valence-corrected chi connectivity index (χ4v) is 8.09. The maximum atomic E-state index is 12.4. The molecule has 0 rings (SSSR count). The monoisotopic (exact) mass is 814 g/mol. The van der Waals surface area contributed by atoms with Crippen LogP contribution in [-0.4, -0.2) is 34.9 Å². The highest BCUT2D eigenvalue weighted by Crippen LogP contribution is 2.16. The van der Waals surface area contributed by atoms with Crippen LogP contribution in [0.15, 0.2) is 36.5 Å². The van der Waals surface area contributed by atoms with Gasteiger partial charge in [-0.3, -0.25) is 4.79 Å². The second-order valence-corrected chi connectivity index (χ2v) is 17.9. The quantitative estimate of drug-likeness (QED) is 0.0423. The van der Waals surface area contributed by atoms with Crippen LogP contribution in [0.2, 0.25) is 0 Å². The normalized spacial score (nSPS) is 13.1. The predicted molar refractivity (Wildman–Crippen MR) is 258 cm³/mol. The highest BCUT2D eigenvalue weighted by atomic mass is 16.3. The number of aliphatic hydroxyl groups is 2. The molecular formula is C54H103NO3. The molecule has 0 bridgehead atoms. The number of unbranched alkanes of at least 4 members (excludes halogenated alkanes) is 37. The molecule has 0 fully saturated rings. The molecule has 3 N–H and O–H groups in total. The largest absolute Gasteiger partial charge is 0.394 e. The Morgan fingerprint density at radius 2 is 0.707 bits per heavy atom. The lowest BCUT2D eigenvalue weighted by Crippen LogP contribution is -2.45. The lowest BCUT2D eigenvalue weighted by molar-refractivity contribution is -0.123. The molecular weight excluding hydrogens is 711 g/mol. The first-order valence-corrected chi connectivity index (χ1v) is 26.2. The summed E-state index contributed by atoms with van der Waals surface area (Å²) in [6.07, 6.45) is 67.1. The fourth-order valence-electron chi connectivity index (χ4n) is 8.09. The van der Waals surface area contributed by atoms with Crippen molar-refractivity contribution in [1.82, 2.24) is 5.32 Å². The number of hydrogen-bond acceptors (Lipinski definition) is 3. The average molecular weight is 814 g/mol. The van der Waals surface area contributed by atoms with Gasteiger partial charge in [0.05, 0.1) is 18.8 Å². The van der Waals surface area contributed by atoms with Crippen molar-refractivity contribution in [1.29, 1.82) is 0 Å². The third kappa shape index (κ3) is 45.7. The molecule has 58 heavy (non-hydrogen) atoms. The second-order valence-electron chi connectivity index (χ2n) is 17.9. The smallest absolute Gasteiger partial charge is 0.220 e. The summed E-state index contributed by atoms with van der Waals surface area (Å²) in [5, 5.41) is 23.1. The second kappa shape index (κ2) is 50.0. The molecule has 1 amide bonds. The van der Waals surface area contributed by atoms with Gasteiger partial charge in [0.1, 0.15) is 0 Å². The standard InChI is InChI=1S/C54H103NO3/c1-3-5-7-9-11-13-15-17-19-21-23-25-26-27-28-30-32-34-36-38-40-42-44-46-48-50-54(58)55-52(51-56)53(57)49-47-45-43-41-39-37-35-33-31-29-24-22-20-18-16-14-12-10-8-6-4-2/h15,17,21,23,47,49,52-53,56-57H,3-14,16,18-20,22,24-46,48,50-51H2,1-2H3,(H,55,58)/b17-15-,23-21-,49-47+. The van der Waals surface area contributed by atoms with Gasteiger partial charge in [-0.2, -0.15) is 0 Å². The third-order valence-electron chi connectivity index (χ3n) is 12.1. The number of allylic oxidation sites excluding steroid dienone is 5. The lowest BCUT2D eigenvalue weighted by atomic mass is 10.0. The van der Waals surface area contributed by atoms with Crippen molar-refractivity contribution in [3.8, 4) is 0 Å². The molecule has 0 radical (unpaired) electrons. The average Bonchev–Trinajstić information content (AvgIpc) is 3.23. The van der Waals surface area contributed by atoms with E-state index in [1.807, 2.05) is 6.08 Å². The van der Waals surface area contributed by atoms with Gasteiger partial charge in [0.15, 0.2) is 0 Å². The van der Waals surface area contributed by atoms with Crippen molar-refractivity contribution in [2.24, 2.45) is 0 Å². The van der Waals surface area contributed by atoms with E-state index >= 15 is 0 Å². The Labute approximate surface area is 363 Å². The van der Waals surface area contributed by atoms with Gasteiger partial charge in [0, 0.05) is 6.42 Å². The molecule has 0 saturated heterocycles. The van der Waals surface area contributed by atoms with E-state index in [0.717, 1.165) is 32.1 Å². The van der Waals surface area contributed by atoms with E-state index in [1.165, 1.54) is 231 Å². The van der Waals surface area contributed by atoms with E-state index in [9.17, 15) is 15.0 Å². The summed E-state index contributed by atoms with van der Waals surface area (Å²) in [4.78, 5) is 12.4. The first-order valence-electron chi connectivity index (χ1n) is 26.2. The SMILES string of the molecule is CCCCCCC/C=C\C/C=C\CCCCCCCCCCCCCCCC(=O)NC(CO)C(O)/C=C/CCCCCCCCCCCCCCCCCCCCC. The summed E-state index contributed by atoms with van der Waals surface area (Å²) in [5.41, 5.74) is 0. The van der Waals surface area contributed by atoms with Crippen molar-refractivity contribution in [2.75, 3.05) is 6.61 Å². The van der Waals surface area contributed by atoms with Gasteiger partial charge in [-0.25, -0.2) is 0 Å². The van der Waals surface area contributed by atoms with Gasteiger partial charge >= 0.3 is 0 Å². The van der Waals surface area contributed by atoms with Crippen LogP contribution in [0.5, 0.6) is 0 Å². The number of hydrogen-bond donors (Lipinski definition) is 3. The summed E-state index contributed by atoms with van der Waals surface area (Å²) in [5.74, 6) is -0.0618. The van der Waals surface area contributed by atoms with E-state index in [1.54, 1.807) is 6.08 Å². The minimum Gasteiger partial charge on any atom is -0.394 e. The summed E-state index contributed by atoms with van der Waals surface area (Å²) >= 11 is 0. The maximum absolute atomic E-state index is 12.4. The minimum absolute atomic E-state index is 0.0618. The Balaban J connectivity index is 3.51. The predicted octanol–water partition coefficient (Wildman–Crippen LogP) is 16.9. The Morgan fingerprint density at radius 1 is 0.414 bits per heavy atom. The highest BCUT2D eigenvalue weighted by Gasteiger charge is 2.18. The molecule has 0 aliphatic carbocycles. The number of aliphatic hydroxyl groups excluding tert-OH is 2. The summed E-state index contributed by atoms with van der Waals surface area (Å²) < 4.78 is 0. The van der Waals surface area contributed by atoms with E-state index < -0.39 is 12.1 Å².